The molecule has 0 aromatic carbocycles. The summed E-state index contributed by atoms with van der Waals surface area (Å²) < 4.78 is 15.3. The number of esters is 1. The Morgan fingerprint density at radius 2 is 1.94 bits per heavy atom. The lowest BCUT2D eigenvalue weighted by Crippen LogP contribution is -2.07. The molecule has 0 N–H and O–H groups in total. The van der Waals surface area contributed by atoms with Gasteiger partial charge in [0.2, 0.25) is 0 Å². The van der Waals surface area contributed by atoms with Crippen LogP contribution in [0.1, 0.15) is 39.2 Å². The lowest BCUT2D eigenvalue weighted by atomic mass is 10.1. The molecule has 0 radical (unpaired) electrons. The third-order valence-corrected chi connectivity index (χ3v) is 2.66. The maximum Gasteiger partial charge on any atom is 0.342 e. The highest BCUT2D eigenvalue weighted by molar-refractivity contribution is 5.92. The van der Waals surface area contributed by atoms with Gasteiger partial charge in [0.05, 0.1) is 0 Å². The Morgan fingerprint density at radius 3 is 2.44 bits per heavy atom. The first-order valence-electron chi connectivity index (χ1n) is 5.52. The van der Waals surface area contributed by atoms with Crippen molar-refractivity contribution in [3.63, 3.8) is 0 Å². The van der Waals surface area contributed by atoms with Crippen LogP contribution in [0, 0.1) is 27.7 Å². The molecule has 0 aliphatic rings. The number of rotatable bonds is 3. The monoisotopic (exact) mass is 250 g/mol. The van der Waals surface area contributed by atoms with Crippen LogP contribution in [-0.2, 0) is 11.3 Å². The molecule has 0 saturated carbocycles. The molecule has 2 rings (SSSR count). The summed E-state index contributed by atoms with van der Waals surface area (Å²) in [5.41, 5.74) is 1.25. The quantitative estimate of drug-likeness (QED) is 0.777. The molecule has 0 aliphatic carbocycles. The Bertz CT molecular complexity index is 583. The van der Waals surface area contributed by atoms with E-state index in [4.69, 9.17) is 13.7 Å². The van der Waals surface area contributed by atoms with Gasteiger partial charge in [0.15, 0.2) is 12.4 Å². The average Bonchev–Trinajstić information content (AvgIpc) is 2.82. The molecule has 0 unspecified atom stereocenters. The van der Waals surface area contributed by atoms with Gasteiger partial charge < -0.3 is 13.7 Å². The highest BCUT2D eigenvalue weighted by Crippen LogP contribution is 2.21. The van der Waals surface area contributed by atoms with Crippen LogP contribution in [0.15, 0.2) is 8.94 Å². The van der Waals surface area contributed by atoms with E-state index in [1.165, 1.54) is 0 Å². The molecule has 0 fully saturated rings. The molecule has 2 aromatic rings. The minimum atomic E-state index is -0.447. The van der Waals surface area contributed by atoms with Gasteiger partial charge in [-0.05, 0) is 27.7 Å². The topological polar surface area (TPSA) is 78.4 Å². The van der Waals surface area contributed by atoms with Crippen molar-refractivity contribution < 1.29 is 18.5 Å². The number of hydrogen-bond acceptors (Lipinski definition) is 6. The molecular weight excluding hydrogens is 236 g/mol. The lowest BCUT2D eigenvalue weighted by Gasteiger charge is -2.01. The highest BCUT2D eigenvalue weighted by atomic mass is 16.6. The molecule has 0 spiro atoms. The number of aromatic nitrogens is 2. The van der Waals surface area contributed by atoms with Crippen molar-refractivity contribution in [1.29, 1.82) is 0 Å². The fourth-order valence-electron chi connectivity index (χ4n) is 1.69. The first-order valence-corrected chi connectivity index (χ1v) is 5.52. The zero-order chi connectivity index (χ0) is 13.3. The normalized spacial score (nSPS) is 10.7. The van der Waals surface area contributed by atoms with Crippen molar-refractivity contribution in [3.05, 3.63) is 34.4 Å². The third kappa shape index (κ3) is 2.27. The molecule has 18 heavy (non-hydrogen) atoms. The Hall–Kier alpha value is -2.11. The summed E-state index contributed by atoms with van der Waals surface area (Å²) in [5.74, 6) is 1.60. The number of hydrogen-bond donors (Lipinski definition) is 0. The summed E-state index contributed by atoms with van der Waals surface area (Å²) in [6.07, 6.45) is 0. The van der Waals surface area contributed by atoms with Gasteiger partial charge in [-0.25, -0.2) is 4.79 Å². The molecule has 2 heterocycles. The number of carbonyl (C=O) groups excluding carboxylic acids is 1. The maximum atomic E-state index is 11.9. The van der Waals surface area contributed by atoms with Crippen LogP contribution in [0.5, 0.6) is 0 Å². The average molecular weight is 250 g/mol. The molecule has 2 aromatic heterocycles. The number of nitrogens with zero attached hydrogens (tertiary/aromatic N) is 2. The van der Waals surface area contributed by atoms with E-state index in [0.29, 0.717) is 22.9 Å². The van der Waals surface area contributed by atoms with E-state index < -0.39 is 5.97 Å². The summed E-state index contributed by atoms with van der Waals surface area (Å²) in [7, 11) is 0. The predicted octanol–water partition coefficient (Wildman–Crippen LogP) is 2.25. The number of aryl methyl sites for hydroxylation is 3. The van der Waals surface area contributed by atoms with E-state index in [2.05, 4.69) is 10.1 Å². The fourth-order valence-corrected chi connectivity index (χ4v) is 1.69. The van der Waals surface area contributed by atoms with Crippen LogP contribution < -0.4 is 0 Å². The zero-order valence-electron chi connectivity index (χ0n) is 10.7. The van der Waals surface area contributed by atoms with Crippen molar-refractivity contribution >= 4 is 5.97 Å². The predicted molar refractivity (Wildman–Crippen MR) is 61.1 cm³/mol. The van der Waals surface area contributed by atoms with Crippen molar-refractivity contribution in [2.75, 3.05) is 0 Å². The zero-order valence-corrected chi connectivity index (χ0v) is 10.7. The Labute approximate surface area is 104 Å². The van der Waals surface area contributed by atoms with E-state index in [9.17, 15) is 4.79 Å². The second-order valence-electron chi connectivity index (χ2n) is 4.03. The second-order valence-corrected chi connectivity index (χ2v) is 4.03. The minimum absolute atomic E-state index is 0.0389. The van der Waals surface area contributed by atoms with Crippen molar-refractivity contribution in [3.8, 4) is 0 Å². The minimum Gasteiger partial charge on any atom is -0.465 e. The van der Waals surface area contributed by atoms with Gasteiger partial charge in [-0.15, -0.1) is 0 Å². The van der Waals surface area contributed by atoms with Crippen molar-refractivity contribution in [2.24, 2.45) is 0 Å². The first kappa shape index (κ1) is 12.3. The Morgan fingerprint density at radius 1 is 1.22 bits per heavy atom. The molecular formula is C12H14N2O4. The molecule has 0 saturated heterocycles. The molecule has 96 valence electrons. The maximum absolute atomic E-state index is 11.9. The van der Waals surface area contributed by atoms with E-state index in [0.717, 1.165) is 5.56 Å². The molecule has 0 bridgehead atoms. The first-order chi connectivity index (χ1) is 8.49. The summed E-state index contributed by atoms with van der Waals surface area (Å²) in [6, 6.07) is 0. The van der Waals surface area contributed by atoms with Crippen LogP contribution in [0.25, 0.3) is 0 Å². The molecule has 0 atom stereocenters. The van der Waals surface area contributed by atoms with Crippen LogP contribution in [0.3, 0.4) is 0 Å². The van der Waals surface area contributed by atoms with Crippen molar-refractivity contribution in [1.82, 2.24) is 10.1 Å². The largest absolute Gasteiger partial charge is 0.465 e. The van der Waals surface area contributed by atoms with Crippen LogP contribution in [0.4, 0.5) is 0 Å². The van der Waals surface area contributed by atoms with E-state index in [-0.39, 0.29) is 12.5 Å². The lowest BCUT2D eigenvalue weighted by molar-refractivity contribution is 0.0427. The number of furan rings is 1. The molecule has 0 aliphatic heterocycles. The van der Waals surface area contributed by atoms with Crippen LogP contribution in [0.2, 0.25) is 0 Å². The molecule has 0 amide bonds. The standard InChI is InChI=1S/C12H14N2O4/c1-6-7(2)17-8(3)11(6)12(15)16-5-10-13-9(4)14-18-10/h5H2,1-4H3. The van der Waals surface area contributed by atoms with Gasteiger partial charge in [-0.1, -0.05) is 5.16 Å². The van der Waals surface area contributed by atoms with Gasteiger partial charge in [-0.3, -0.25) is 0 Å². The van der Waals surface area contributed by atoms with E-state index in [1.54, 1.807) is 20.8 Å². The number of ether oxygens (including phenoxy) is 1. The van der Waals surface area contributed by atoms with Gasteiger partial charge >= 0.3 is 5.97 Å². The van der Waals surface area contributed by atoms with E-state index >= 15 is 0 Å². The molecule has 6 nitrogen and oxygen atoms in total. The summed E-state index contributed by atoms with van der Waals surface area (Å²) in [4.78, 5) is 15.9. The summed E-state index contributed by atoms with van der Waals surface area (Å²) >= 11 is 0. The summed E-state index contributed by atoms with van der Waals surface area (Å²) in [5, 5.41) is 3.61. The van der Waals surface area contributed by atoms with Crippen molar-refractivity contribution in [2.45, 2.75) is 34.3 Å². The fraction of sp³-hybridized carbons (Fsp3) is 0.417. The number of carbonyl (C=O) groups is 1. The van der Waals surface area contributed by atoms with E-state index in [1.807, 2.05) is 6.92 Å². The van der Waals surface area contributed by atoms with Gasteiger partial charge in [0, 0.05) is 5.56 Å². The van der Waals surface area contributed by atoms with Crippen LogP contribution >= 0.6 is 0 Å². The SMILES string of the molecule is Cc1noc(COC(=O)c2c(C)oc(C)c2C)n1. The van der Waals surface area contributed by atoms with Gasteiger partial charge in [-0.2, -0.15) is 4.98 Å². The molecule has 6 heteroatoms. The van der Waals surface area contributed by atoms with Gasteiger partial charge in [0.1, 0.15) is 17.1 Å². The Kier molecular flexibility index (Phi) is 3.18. The Balaban J connectivity index is 2.08. The summed E-state index contributed by atoms with van der Waals surface area (Å²) in [6.45, 7) is 7.01. The second kappa shape index (κ2) is 4.64. The van der Waals surface area contributed by atoms with Gasteiger partial charge in [0.25, 0.3) is 5.89 Å². The smallest absolute Gasteiger partial charge is 0.342 e. The highest BCUT2D eigenvalue weighted by Gasteiger charge is 2.20. The van der Waals surface area contributed by atoms with Crippen LogP contribution in [-0.4, -0.2) is 16.1 Å². The third-order valence-electron chi connectivity index (χ3n) is 2.66.